The third-order valence-electron chi connectivity index (χ3n) is 4.30. The Morgan fingerprint density at radius 2 is 2.11 bits per heavy atom. The number of rotatable bonds is 4. The van der Waals surface area contributed by atoms with E-state index in [4.69, 9.17) is 10.1 Å². The Morgan fingerprint density at radius 1 is 1.30 bits per heavy atom. The van der Waals surface area contributed by atoms with Gasteiger partial charge in [0.2, 0.25) is 0 Å². The number of amides is 1. The molecule has 1 amide bonds. The molecule has 136 valence electrons. The molecule has 8 heteroatoms. The fourth-order valence-electron chi connectivity index (χ4n) is 2.95. The highest BCUT2D eigenvalue weighted by molar-refractivity contribution is 6.23. The van der Waals surface area contributed by atoms with Crippen LogP contribution < -0.4 is 10.2 Å². The number of aromatic nitrogens is 2. The van der Waals surface area contributed by atoms with Gasteiger partial charge in [0.1, 0.15) is 22.9 Å². The maximum absolute atomic E-state index is 12.5. The molecule has 0 fully saturated rings. The van der Waals surface area contributed by atoms with Crippen LogP contribution in [0.1, 0.15) is 16.2 Å². The number of imidazole rings is 1. The fraction of sp³-hybridized carbons (Fsp3) is 0.105. The molecule has 8 nitrogen and oxygen atoms in total. The lowest BCUT2D eigenvalue weighted by molar-refractivity contribution is 0.0874. The van der Waals surface area contributed by atoms with E-state index in [2.05, 4.69) is 15.4 Å². The van der Waals surface area contributed by atoms with Crippen molar-refractivity contribution in [1.29, 1.82) is 5.41 Å². The number of carbonyl (C=O) groups is 1. The highest BCUT2D eigenvalue weighted by Gasteiger charge is 2.31. The van der Waals surface area contributed by atoms with Crippen LogP contribution in [0.25, 0.3) is 16.6 Å². The van der Waals surface area contributed by atoms with Crippen LogP contribution in [-0.2, 0) is 0 Å². The van der Waals surface area contributed by atoms with Gasteiger partial charge in [-0.1, -0.05) is 18.2 Å². The molecule has 1 aliphatic rings. The third-order valence-corrected chi connectivity index (χ3v) is 4.30. The minimum atomic E-state index is -0.405. The quantitative estimate of drug-likeness (QED) is 0.569. The number of methoxy groups -OCH3 is 1. The topological polar surface area (TPSA) is 114 Å². The average molecular weight is 363 g/mol. The van der Waals surface area contributed by atoms with Crippen molar-refractivity contribution in [1.82, 2.24) is 20.4 Å². The van der Waals surface area contributed by atoms with E-state index in [0.717, 1.165) is 11.0 Å². The van der Waals surface area contributed by atoms with E-state index in [1.54, 1.807) is 24.3 Å². The van der Waals surface area contributed by atoms with Gasteiger partial charge in [0.05, 0.1) is 24.7 Å². The van der Waals surface area contributed by atoms with Crippen LogP contribution in [0.5, 0.6) is 5.75 Å². The molecular weight excluding hydrogens is 346 g/mol. The SMILES string of the molecule is COc1cccc(C(=O)NN2CC(O)=C(c3nc4ccccc4[nH]3)C2=N)c1. The Bertz CT molecular complexity index is 1050. The number of benzene rings is 2. The maximum atomic E-state index is 12.5. The number of aliphatic hydroxyl groups is 1. The van der Waals surface area contributed by atoms with Crippen LogP contribution in [0.4, 0.5) is 0 Å². The standard InChI is InChI=1S/C19H17N5O3/c1-27-12-6-4-5-11(9-12)19(26)23-24-10-15(25)16(17(24)20)18-21-13-7-2-3-8-14(13)22-18/h2-9,20,25H,10H2,1H3,(H,21,22)(H,23,26). The molecule has 0 spiro atoms. The van der Waals surface area contributed by atoms with Crippen molar-refractivity contribution in [3.05, 3.63) is 65.7 Å². The van der Waals surface area contributed by atoms with Crippen LogP contribution >= 0.6 is 0 Å². The second kappa shape index (κ2) is 6.49. The van der Waals surface area contributed by atoms with Crippen molar-refractivity contribution in [3.63, 3.8) is 0 Å². The molecule has 0 radical (unpaired) electrons. The van der Waals surface area contributed by atoms with Crippen molar-refractivity contribution < 1.29 is 14.6 Å². The zero-order valence-electron chi connectivity index (χ0n) is 14.5. The third kappa shape index (κ3) is 2.97. The number of amidine groups is 1. The molecule has 4 rings (SSSR count). The summed E-state index contributed by atoms with van der Waals surface area (Å²) in [4.78, 5) is 20.0. The summed E-state index contributed by atoms with van der Waals surface area (Å²) in [6, 6.07) is 14.1. The maximum Gasteiger partial charge on any atom is 0.269 e. The smallest absolute Gasteiger partial charge is 0.269 e. The van der Waals surface area contributed by atoms with Gasteiger partial charge in [0, 0.05) is 5.56 Å². The van der Waals surface area contributed by atoms with Crippen molar-refractivity contribution in [2.45, 2.75) is 0 Å². The zero-order valence-corrected chi connectivity index (χ0v) is 14.5. The molecular formula is C19H17N5O3. The first-order chi connectivity index (χ1) is 13.1. The second-order valence-electron chi connectivity index (χ2n) is 6.03. The van der Waals surface area contributed by atoms with Gasteiger partial charge in [-0.2, -0.15) is 0 Å². The van der Waals surface area contributed by atoms with Gasteiger partial charge in [-0.3, -0.25) is 20.6 Å². The first-order valence-electron chi connectivity index (χ1n) is 8.25. The molecule has 1 aliphatic heterocycles. The van der Waals surface area contributed by atoms with E-state index < -0.39 is 5.91 Å². The number of fused-ring (bicyclic) bond motifs is 1. The Hall–Kier alpha value is -3.81. The summed E-state index contributed by atoms with van der Waals surface area (Å²) >= 11 is 0. The molecule has 27 heavy (non-hydrogen) atoms. The summed E-state index contributed by atoms with van der Waals surface area (Å²) in [6.45, 7) is -0.0130. The number of nitrogens with one attached hydrogen (secondary N) is 3. The summed E-state index contributed by atoms with van der Waals surface area (Å²) in [5.74, 6) is 0.463. The van der Waals surface area contributed by atoms with Crippen LogP contribution in [0, 0.1) is 5.41 Å². The van der Waals surface area contributed by atoms with Crippen molar-refractivity contribution in [2.75, 3.05) is 13.7 Å². The highest BCUT2D eigenvalue weighted by Crippen LogP contribution is 2.26. The van der Waals surface area contributed by atoms with E-state index in [9.17, 15) is 9.90 Å². The van der Waals surface area contributed by atoms with Gasteiger partial charge in [0.15, 0.2) is 5.84 Å². The number of aliphatic hydroxyl groups excluding tert-OH is 1. The van der Waals surface area contributed by atoms with Crippen LogP contribution in [0.2, 0.25) is 0 Å². The molecule has 2 aromatic carbocycles. The van der Waals surface area contributed by atoms with Gasteiger partial charge >= 0.3 is 0 Å². The zero-order chi connectivity index (χ0) is 19.0. The summed E-state index contributed by atoms with van der Waals surface area (Å²) in [5.41, 5.74) is 4.82. The molecule has 0 atom stereocenters. The molecule has 0 saturated heterocycles. The fourth-order valence-corrected chi connectivity index (χ4v) is 2.95. The molecule has 0 aliphatic carbocycles. The minimum Gasteiger partial charge on any atom is -0.509 e. The first kappa shape index (κ1) is 16.6. The molecule has 0 saturated carbocycles. The summed E-state index contributed by atoms with van der Waals surface area (Å²) in [5, 5.41) is 20.0. The van der Waals surface area contributed by atoms with Gasteiger partial charge in [-0.25, -0.2) is 4.98 Å². The van der Waals surface area contributed by atoms with Gasteiger partial charge < -0.3 is 14.8 Å². The Kier molecular flexibility index (Phi) is 4.00. The number of hydrogen-bond acceptors (Lipinski definition) is 5. The van der Waals surface area contributed by atoms with E-state index in [1.807, 2.05) is 24.3 Å². The summed E-state index contributed by atoms with van der Waals surface area (Å²) in [6.07, 6.45) is 0. The van der Waals surface area contributed by atoms with E-state index in [0.29, 0.717) is 17.1 Å². The number of hydrazine groups is 1. The lowest BCUT2D eigenvalue weighted by Crippen LogP contribution is -2.43. The van der Waals surface area contributed by atoms with Gasteiger partial charge in [-0.05, 0) is 30.3 Å². The number of nitrogens with zero attached hydrogens (tertiary/aromatic N) is 2. The molecule has 4 N–H and O–H groups in total. The number of para-hydroxylation sites is 2. The van der Waals surface area contributed by atoms with E-state index in [1.165, 1.54) is 12.1 Å². The molecule has 0 bridgehead atoms. The van der Waals surface area contributed by atoms with Crippen molar-refractivity contribution in [3.8, 4) is 5.75 Å². The Morgan fingerprint density at radius 3 is 2.89 bits per heavy atom. The Balaban J connectivity index is 1.55. The van der Waals surface area contributed by atoms with E-state index in [-0.39, 0.29) is 23.7 Å². The van der Waals surface area contributed by atoms with Crippen molar-refractivity contribution in [2.24, 2.45) is 0 Å². The van der Waals surface area contributed by atoms with Gasteiger partial charge in [0.25, 0.3) is 5.91 Å². The summed E-state index contributed by atoms with van der Waals surface area (Å²) < 4.78 is 5.12. The first-order valence-corrected chi connectivity index (χ1v) is 8.25. The second-order valence-corrected chi connectivity index (χ2v) is 6.03. The molecule has 3 aromatic rings. The lowest BCUT2D eigenvalue weighted by atomic mass is 10.2. The normalized spacial score (nSPS) is 14.1. The molecule has 1 aromatic heterocycles. The number of ether oxygens (including phenoxy) is 1. The number of hydrogen-bond donors (Lipinski definition) is 4. The number of carbonyl (C=O) groups excluding carboxylic acids is 1. The largest absolute Gasteiger partial charge is 0.509 e. The Labute approximate surface area is 154 Å². The van der Waals surface area contributed by atoms with Crippen LogP contribution in [0.15, 0.2) is 54.3 Å². The van der Waals surface area contributed by atoms with Crippen molar-refractivity contribution >= 4 is 28.3 Å². The number of H-pyrrole nitrogens is 1. The highest BCUT2D eigenvalue weighted by atomic mass is 16.5. The monoisotopic (exact) mass is 363 g/mol. The van der Waals surface area contributed by atoms with Crippen LogP contribution in [0.3, 0.4) is 0 Å². The number of aromatic amines is 1. The predicted octanol–water partition coefficient (Wildman–Crippen LogP) is 2.48. The molecule has 0 unspecified atom stereocenters. The van der Waals surface area contributed by atoms with Gasteiger partial charge in [-0.15, -0.1) is 0 Å². The van der Waals surface area contributed by atoms with E-state index >= 15 is 0 Å². The minimum absolute atomic E-state index is 0.0130. The average Bonchev–Trinajstić information content (AvgIpc) is 3.22. The van der Waals surface area contributed by atoms with Crippen LogP contribution in [-0.4, -0.2) is 45.5 Å². The molecule has 2 heterocycles. The lowest BCUT2D eigenvalue weighted by Gasteiger charge is -2.19. The summed E-state index contributed by atoms with van der Waals surface area (Å²) in [7, 11) is 1.52. The predicted molar refractivity (Wildman–Crippen MR) is 101 cm³/mol.